The van der Waals surface area contributed by atoms with E-state index in [4.69, 9.17) is 9.72 Å². The molecule has 0 radical (unpaired) electrons. The van der Waals surface area contributed by atoms with Crippen molar-refractivity contribution in [1.29, 1.82) is 0 Å². The van der Waals surface area contributed by atoms with E-state index < -0.39 is 5.60 Å². The Labute approximate surface area is 238 Å². The van der Waals surface area contributed by atoms with Gasteiger partial charge in [0.2, 0.25) is 5.95 Å². The molecule has 0 aliphatic carbocycles. The summed E-state index contributed by atoms with van der Waals surface area (Å²) in [7, 11) is 0. The van der Waals surface area contributed by atoms with Crippen molar-refractivity contribution >= 4 is 34.3 Å². The van der Waals surface area contributed by atoms with Crippen LogP contribution < -0.4 is 10.2 Å². The lowest BCUT2D eigenvalue weighted by atomic mass is 10.0. The highest BCUT2D eigenvalue weighted by Gasteiger charge is 2.47. The number of ether oxygens (including phenoxy) is 1. The Hall–Kier alpha value is -4.66. The number of imidazole rings is 1. The van der Waals surface area contributed by atoms with E-state index in [-0.39, 0.29) is 18.2 Å². The van der Waals surface area contributed by atoms with Crippen molar-refractivity contribution in [1.82, 2.24) is 24.3 Å². The lowest BCUT2D eigenvalue weighted by Crippen LogP contribution is -2.50. The number of aromatic nitrogens is 4. The highest BCUT2D eigenvalue weighted by molar-refractivity contribution is 5.85. The van der Waals surface area contributed by atoms with Crippen molar-refractivity contribution in [3.05, 3.63) is 84.8 Å². The quantitative estimate of drug-likeness (QED) is 0.300. The van der Waals surface area contributed by atoms with E-state index in [1.54, 1.807) is 6.20 Å². The van der Waals surface area contributed by atoms with Gasteiger partial charge in [-0.15, -0.1) is 0 Å². The van der Waals surface area contributed by atoms with Gasteiger partial charge in [-0.05, 0) is 55.7 Å². The van der Waals surface area contributed by atoms with Crippen LogP contribution in [0.5, 0.6) is 0 Å². The Bertz CT molecular complexity index is 1750. The summed E-state index contributed by atoms with van der Waals surface area (Å²) in [6.07, 6.45) is 6.23. The van der Waals surface area contributed by atoms with E-state index in [2.05, 4.69) is 62.6 Å². The zero-order chi connectivity index (χ0) is 28.1. The SMILES string of the molecule is CC(C)(C)OC(=O)N1CC2CC1CN2c1nc(-c2ccnc(NCc3cccc4ccccc34)c2)cc2nccn12. The van der Waals surface area contributed by atoms with Gasteiger partial charge < -0.3 is 19.9 Å². The summed E-state index contributed by atoms with van der Waals surface area (Å²) in [5.41, 5.74) is 3.34. The number of rotatable bonds is 5. The summed E-state index contributed by atoms with van der Waals surface area (Å²) >= 11 is 0. The largest absolute Gasteiger partial charge is 0.444 e. The van der Waals surface area contributed by atoms with E-state index in [9.17, 15) is 4.79 Å². The predicted octanol–water partition coefficient (Wildman–Crippen LogP) is 5.75. The molecular formula is C32H33N7O2. The maximum atomic E-state index is 12.8. The number of piperazine rings is 1. The molecule has 208 valence electrons. The van der Waals surface area contributed by atoms with E-state index >= 15 is 0 Å². The first-order chi connectivity index (χ1) is 19.8. The molecule has 2 unspecified atom stereocenters. The molecule has 0 spiro atoms. The van der Waals surface area contributed by atoms with Gasteiger partial charge in [-0.2, -0.15) is 0 Å². The summed E-state index contributed by atoms with van der Waals surface area (Å²) in [6.45, 7) is 7.71. The first-order valence-electron chi connectivity index (χ1n) is 14.1. The summed E-state index contributed by atoms with van der Waals surface area (Å²) in [5.74, 6) is 1.63. The van der Waals surface area contributed by atoms with Crippen LogP contribution in [0.1, 0.15) is 32.8 Å². The third-order valence-corrected chi connectivity index (χ3v) is 7.89. The molecule has 5 heterocycles. The number of hydrogen-bond acceptors (Lipinski definition) is 7. The minimum atomic E-state index is -0.509. The van der Waals surface area contributed by atoms with Crippen LogP contribution in [-0.2, 0) is 11.3 Å². The molecule has 9 nitrogen and oxygen atoms in total. The van der Waals surface area contributed by atoms with Crippen LogP contribution in [0.4, 0.5) is 16.6 Å². The zero-order valence-corrected chi connectivity index (χ0v) is 23.5. The molecule has 3 aromatic heterocycles. The van der Waals surface area contributed by atoms with Crippen LogP contribution >= 0.6 is 0 Å². The molecule has 2 fully saturated rings. The molecule has 0 saturated carbocycles. The zero-order valence-electron chi connectivity index (χ0n) is 23.5. The molecule has 1 N–H and O–H groups in total. The average molecular weight is 548 g/mol. The second-order valence-corrected chi connectivity index (χ2v) is 11.8. The van der Waals surface area contributed by atoms with E-state index in [1.165, 1.54) is 16.3 Å². The number of nitrogens with zero attached hydrogens (tertiary/aromatic N) is 6. The molecule has 5 aromatic rings. The fourth-order valence-corrected chi connectivity index (χ4v) is 6.03. The molecule has 2 saturated heterocycles. The highest BCUT2D eigenvalue weighted by Crippen LogP contribution is 2.36. The van der Waals surface area contributed by atoms with Gasteiger partial charge in [0.1, 0.15) is 17.1 Å². The lowest BCUT2D eigenvalue weighted by molar-refractivity contribution is 0.0214. The van der Waals surface area contributed by atoms with Crippen LogP contribution in [0.25, 0.3) is 27.7 Å². The minimum Gasteiger partial charge on any atom is -0.444 e. The third kappa shape index (κ3) is 4.81. The van der Waals surface area contributed by atoms with Crippen molar-refractivity contribution in [2.24, 2.45) is 0 Å². The number of nitrogens with one attached hydrogen (secondary N) is 1. The smallest absolute Gasteiger partial charge is 0.410 e. The van der Waals surface area contributed by atoms with E-state index in [0.29, 0.717) is 19.6 Å². The number of hydrogen-bond donors (Lipinski definition) is 1. The molecule has 2 atom stereocenters. The summed E-state index contributed by atoms with van der Waals surface area (Å²) in [4.78, 5) is 31.3. The van der Waals surface area contributed by atoms with E-state index in [1.807, 2.05) is 60.7 Å². The molecule has 7 rings (SSSR count). The number of anilines is 2. The summed E-state index contributed by atoms with van der Waals surface area (Å²) in [6, 6.07) is 21.1. The van der Waals surface area contributed by atoms with Crippen LogP contribution in [0.2, 0.25) is 0 Å². The van der Waals surface area contributed by atoms with Gasteiger partial charge in [0, 0.05) is 49.9 Å². The average Bonchev–Trinajstić information content (AvgIpc) is 3.71. The van der Waals surface area contributed by atoms with Crippen molar-refractivity contribution in [3.63, 3.8) is 0 Å². The third-order valence-electron chi connectivity index (χ3n) is 7.89. The molecular weight excluding hydrogens is 514 g/mol. The van der Waals surface area contributed by atoms with Crippen LogP contribution in [0.3, 0.4) is 0 Å². The van der Waals surface area contributed by atoms with Crippen LogP contribution in [-0.4, -0.2) is 61.1 Å². The second-order valence-electron chi connectivity index (χ2n) is 11.8. The van der Waals surface area contributed by atoms with Gasteiger partial charge >= 0.3 is 6.09 Å². The van der Waals surface area contributed by atoms with Crippen LogP contribution in [0.15, 0.2) is 79.3 Å². The molecule has 2 bridgehead atoms. The first-order valence-corrected chi connectivity index (χ1v) is 14.1. The number of likely N-dealkylation sites (tertiary alicyclic amines) is 1. The topological polar surface area (TPSA) is 87.9 Å². The number of benzene rings is 2. The maximum absolute atomic E-state index is 12.8. The van der Waals surface area contributed by atoms with Crippen LogP contribution in [0, 0.1) is 0 Å². The monoisotopic (exact) mass is 547 g/mol. The van der Waals surface area contributed by atoms with E-state index in [0.717, 1.165) is 35.1 Å². The Morgan fingerprint density at radius 3 is 2.68 bits per heavy atom. The van der Waals surface area contributed by atoms with Crippen molar-refractivity contribution < 1.29 is 9.53 Å². The standard InChI is InChI=1S/C32H33N7O2/c1-32(2,3)41-31(40)39-20-24-16-25(39)19-38(24)30-36-27(17-29-34-13-14-37(29)30)22-11-12-33-28(15-22)35-18-23-9-6-8-21-7-4-5-10-26(21)23/h4-15,17,24-25H,16,18-20H2,1-3H3,(H,33,35). The molecule has 2 aromatic carbocycles. The van der Waals surface area contributed by atoms with Gasteiger partial charge in [0.25, 0.3) is 0 Å². The Morgan fingerprint density at radius 2 is 1.85 bits per heavy atom. The van der Waals surface area contributed by atoms with Gasteiger partial charge in [-0.1, -0.05) is 42.5 Å². The molecule has 2 aliphatic rings. The second kappa shape index (κ2) is 9.76. The molecule has 1 amide bonds. The Kier molecular flexibility index (Phi) is 6.03. The number of fused-ring (bicyclic) bond motifs is 4. The normalized spacial score (nSPS) is 18.4. The summed E-state index contributed by atoms with van der Waals surface area (Å²) in [5, 5.41) is 5.96. The molecule has 2 aliphatic heterocycles. The Balaban J connectivity index is 1.14. The van der Waals surface area contributed by atoms with Gasteiger partial charge in [0.05, 0.1) is 17.8 Å². The Morgan fingerprint density at radius 1 is 1.00 bits per heavy atom. The van der Waals surface area contributed by atoms with Gasteiger partial charge in [-0.25, -0.2) is 19.7 Å². The fourth-order valence-electron chi connectivity index (χ4n) is 6.03. The maximum Gasteiger partial charge on any atom is 0.410 e. The molecule has 41 heavy (non-hydrogen) atoms. The van der Waals surface area contributed by atoms with Crippen molar-refractivity contribution in [2.75, 3.05) is 23.3 Å². The first kappa shape index (κ1) is 25.3. The number of carbonyl (C=O) groups is 1. The highest BCUT2D eigenvalue weighted by atomic mass is 16.6. The number of amides is 1. The predicted molar refractivity (Wildman–Crippen MR) is 160 cm³/mol. The minimum absolute atomic E-state index is 0.102. The van der Waals surface area contributed by atoms with Gasteiger partial charge in [0.15, 0.2) is 0 Å². The molecule has 9 heteroatoms. The lowest BCUT2D eigenvalue weighted by Gasteiger charge is -2.35. The van der Waals surface area contributed by atoms with Crippen molar-refractivity contribution in [2.45, 2.75) is 51.4 Å². The number of pyridine rings is 1. The number of carbonyl (C=O) groups excluding carboxylic acids is 1. The fraction of sp³-hybridized carbons (Fsp3) is 0.312. The summed E-state index contributed by atoms with van der Waals surface area (Å²) < 4.78 is 7.69. The van der Waals surface area contributed by atoms with Gasteiger partial charge in [-0.3, -0.25) is 4.40 Å². The van der Waals surface area contributed by atoms with Crippen molar-refractivity contribution in [3.8, 4) is 11.3 Å².